The number of fused-ring (bicyclic) bond motifs is 1. The smallest absolute Gasteiger partial charge is 0.313 e. The van der Waals surface area contributed by atoms with Crippen molar-refractivity contribution in [3.63, 3.8) is 0 Å². The molecule has 0 aromatic carbocycles. The normalized spacial score (nSPS) is 26.7. The van der Waals surface area contributed by atoms with Gasteiger partial charge in [-0.2, -0.15) is 0 Å². The Morgan fingerprint density at radius 1 is 1.63 bits per heavy atom. The third kappa shape index (κ3) is 1.87. The lowest BCUT2D eigenvalue weighted by atomic mass is 9.85. The highest BCUT2D eigenvalue weighted by molar-refractivity contribution is 5.76. The van der Waals surface area contributed by atoms with Gasteiger partial charge in [0.05, 0.1) is 19.3 Å². The maximum absolute atomic E-state index is 11.3. The first-order valence-corrected chi connectivity index (χ1v) is 5.73. The molecule has 0 spiro atoms. The van der Waals surface area contributed by atoms with Crippen LogP contribution in [0.4, 0.5) is 5.82 Å². The van der Waals surface area contributed by atoms with Crippen molar-refractivity contribution in [3.05, 3.63) is 12.1 Å². The zero-order chi connectivity index (χ0) is 13.5. The molecule has 1 saturated heterocycles. The molecule has 1 aliphatic heterocycles. The number of aromatic nitrogens is 5. The molecule has 0 bridgehead atoms. The molecule has 100 valence electrons. The van der Waals surface area contributed by atoms with Gasteiger partial charge in [-0.25, -0.2) is 0 Å². The van der Waals surface area contributed by atoms with Crippen molar-refractivity contribution in [3.8, 4) is 0 Å². The second-order valence-electron chi connectivity index (χ2n) is 4.68. The van der Waals surface area contributed by atoms with Crippen LogP contribution >= 0.6 is 0 Å². The second kappa shape index (κ2) is 4.12. The standard InChI is InChI=1S/C10H12N6O3/c1-10(9(17)18)5-19-4-6(10)11-7-2-3-8-12-14-15-16(8)13-7/h2-3,6H,4-5H2,1H3,(H,11,13)(H,17,18). The first-order valence-electron chi connectivity index (χ1n) is 5.73. The number of carboxylic acid groups (broad SMARTS) is 1. The van der Waals surface area contributed by atoms with Crippen LogP contribution in [0.2, 0.25) is 0 Å². The Morgan fingerprint density at radius 2 is 2.47 bits per heavy atom. The maximum Gasteiger partial charge on any atom is 0.313 e. The molecule has 2 aromatic heterocycles. The molecule has 3 rings (SSSR count). The summed E-state index contributed by atoms with van der Waals surface area (Å²) in [5.41, 5.74) is -0.453. The van der Waals surface area contributed by atoms with Gasteiger partial charge < -0.3 is 15.2 Å². The summed E-state index contributed by atoms with van der Waals surface area (Å²) in [6, 6.07) is 3.04. The molecule has 1 fully saturated rings. The Hall–Kier alpha value is -2.29. The van der Waals surface area contributed by atoms with Gasteiger partial charge >= 0.3 is 5.97 Å². The average molecular weight is 264 g/mol. The van der Waals surface area contributed by atoms with Crippen molar-refractivity contribution in [2.45, 2.75) is 13.0 Å². The molecular weight excluding hydrogens is 252 g/mol. The van der Waals surface area contributed by atoms with E-state index in [-0.39, 0.29) is 12.6 Å². The molecular formula is C10H12N6O3. The van der Waals surface area contributed by atoms with Crippen molar-refractivity contribution in [1.82, 2.24) is 25.3 Å². The summed E-state index contributed by atoms with van der Waals surface area (Å²) in [5.74, 6) is -0.395. The van der Waals surface area contributed by atoms with Crippen molar-refractivity contribution in [1.29, 1.82) is 0 Å². The number of carbonyl (C=O) groups is 1. The van der Waals surface area contributed by atoms with Gasteiger partial charge in [-0.3, -0.25) is 4.79 Å². The zero-order valence-corrected chi connectivity index (χ0v) is 10.1. The molecule has 9 nitrogen and oxygen atoms in total. The van der Waals surface area contributed by atoms with Crippen molar-refractivity contribution in [2.75, 3.05) is 18.5 Å². The summed E-state index contributed by atoms with van der Waals surface area (Å²) in [5, 5.41) is 27.4. The van der Waals surface area contributed by atoms with Gasteiger partial charge in [0.2, 0.25) is 0 Å². The van der Waals surface area contributed by atoms with Crippen LogP contribution in [0, 0.1) is 5.41 Å². The third-order valence-corrected chi connectivity index (χ3v) is 3.34. The molecule has 2 aromatic rings. The minimum Gasteiger partial charge on any atom is -0.481 e. The van der Waals surface area contributed by atoms with Gasteiger partial charge in [0.15, 0.2) is 5.65 Å². The Morgan fingerprint density at radius 3 is 3.26 bits per heavy atom. The van der Waals surface area contributed by atoms with Crippen LogP contribution in [-0.2, 0) is 9.53 Å². The SMILES string of the molecule is CC1(C(=O)O)COCC1Nc1ccc2nnnn2n1. The predicted molar refractivity (Wildman–Crippen MR) is 62.5 cm³/mol. The predicted octanol–water partition coefficient (Wildman–Crippen LogP) is -0.579. The van der Waals surface area contributed by atoms with Gasteiger partial charge in [0.25, 0.3) is 0 Å². The van der Waals surface area contributed by atoms with Crippen LogP contribution in [0.15, 0.2) is 12.1 Å². The fourth-order valence-electron chi connectivity index (χ4n) is 1.99. The lowest BCUT2D eigenvalue weighted by Crippen LogP contribution is -2.43. The van der Waals surface area contributed by atoms with Crippen molar-refractivity contribution in [2.24, 2.45) is 5.41 Å². The van der Waals surface area contributed by atoms with E-state index in [1.165, 1.54) is 4.63 Å². The van der Waals surface area contributed by atoms with Gasteiger partial charge in [-0.05, 0) is 29.5 Å². The fraction of sp³-hybridized carbons (Fsp3) is 0.500. The van der Waals surface area contributed by atoms with Crippen LogP contribution in [0.25, 0.3) is 5.65 Å². The van der Waals surface area contributed by atoms with E-state index in [0.717, 1.165) is 0 Å². The number of ether oxygens (including phenoxy) is 1. The number of nitrogens with zero attached hydrogens (tertiary/aromatic N) is 5. The number of hydrogen-bond acceptors (Lipinski definition) is 7. The van der Waals surface area contributed by atoms with Crippen LogP contribution < -0.4 is 5.32 Å². The van der Waals surface area contributed by atoms with Crippen LogP contribution in [-0.4, -0.2) is 55.6 Å². The molecule has 0 amide bonds. The van der Waals surface area contributed by atoms with Gasteiger partial charge in [-0.1, -0.05) is 0 Å². The summed E-state index contributed by atoms with van der Waals surface area (Å²) in [7, 11) is 0. The van der Waals surface area contributed by atoms with Crippen molar-refractivity contribution >= 4 is 17.4 Å². The van der Waals surface area contributed by atoms with E-state index < -0.39 is 11.4 Å². The number of rotatable bonds is 3. The fourth-order valence-corrected chi connectivity index (χ4v) is 1.99. The van der Waals surface area contributed by atoms with Crippen LogP contribution in [0.5, 0.6) is 0 Å². The molecule has 3 heterocycles. The minimum absolute atomic E-state index is 0.174. The number of carboxylic acids is 1. The number of anilines is 1. The molecule has 2 atom stereocenters. The highest BCUT2D eigenvalue weighted by Gasteiger charge is 2.46. The number of nitrogens with one attached hydrogen (secondary N) is 1. The lowest BCUT2D eigenvalue weighted by molar-refractivity contribution is -0.148. The second-order valence-corrected chi connectivity index (χ2v) is 4.68. The van der Waals surface area contributed by atoms with E-state index in [2.05, 4.69) is 25.9 Å². The lowest BCUT2D eigenvalue weighted by Gasteiger charge is -2.25. The molecule has 0 saturated carbocycles. The number of aliphatic carboxylic acids is 1. The Kier molecular flexibility index (Phi) is 2.56. The average Bonchev–Trinajstić information content (AvgIpc) is 2.97. The zero-order valence-electron chi connectivity index (χ0n) is 10.1. The Labute approximate surface area is 107 Å². The first kappa shape index (κ1) is 11.8. The largest absolute Gasteiger partial charge is 0.481 e. The molecule has 2 N–H and O–H groups in total. The van der Waals surface area contributed by atoms with Crippen molar-refractivity contribution < 1.29 is 14.6 Å². The summed E-state index contributed by atoms with van der Waals surface area (Å²) in [6.07, 6.45) is 0. The van der Waals surface area contributed by atoms with Gasteiger partial charge in [0, 0.05) is 0 Å². The van der Waals surface area contributed by atoms with E-state index in [1.54, 1.807) is 19.1 Å². The Balaban J connectivity index is 1.86. The van der Waals surface area contributed by atoms with E-state index in [1.807, 2.05) is 0 Å². The monoisotopic (exact) mass is 264 g/mol. The molecule has 2 unspecified atom stereocenters. The van der Waals surface area contributed by atoms with Crippen LogP contribution in [0.1, 0.15) is 6.92 Å². The number of tetrazole rings is 1. The quantitative estimate of drug-likeness (QED) is 0.756. The van der Waals surface area contributed by atoms with E-state index in [4.69, 9.17) is 4.74 Å². The highest BCUT2D eigenvalue weighted by Crippen LogP contribution is 2.30. The summed E-state index contributed by atoms with van der Waals surface area (Å²) < 4.78 is 6.53. The summed E-state index contributed by atoms with van der Waals surface area (Å²) >= 11 is 0. The first-order chi connectivity index (χ1) is 9.09. The highest BCUT2D eigenvalue weighted by atomic mass is 16.5. The van der Waals surface area contributed by atoms with Gasteiger partial charge in [0.1, 0.15) is 11.2 Å². The molecule has 0 aliphatic carbocycles. The van der Waals surface area contributed by atoms with E-state index in [0.29, 0.717) is 18.1 Å². The summed E-state index contributed by atoms with van der Waals surface area (Å²) in [4.78, 5) is 11.3. The third-order valence-electron chi connectivity index (χ3n) is 3.34. The molecule has 9 heteroatoms. The topological polar surface area (TPSA) is 115 Å². The number of hydrogen-bond donors (Lipinski definition) is 2. The Bertz CT molecular complexity index is 629. The molecule has 19 heavy (non-hydrogen) atoms. The van der Waals surface area contributed by atoms with E-state index >= 15 is 0 Å². The minimum atomic E-state index is -0.975. The summed E-state index contributed by atoms with van der Waals surface area (Å²) in [6.45, 7) is 2.14. The van der Waals surface area contributed by atoms with Gasteiger partial charge in [-0.15, -0.1) is 14.8 Å². The molecule has 1 aliphatic rings. The van der Waals surface area contributed by atoms with E-state index in [9.17, 15) is 9.90 Å². The maximum atomic E-state index is 11.3. The molecule has 0 radical (unpaired) electrons. The van der Waals surface area contributed by atoms with Crippen LogP contribution in [0.3, 0.4) is 0 Å².